The average Bonchev–Trinajstić information content (AvgIpc) is 2.38. The van der Waals surface area contributed by atoms with Crippen LogP contribution < -0.4 is 0 Å². The van der Waals surface area contributed by atoms with E-state index in [1.54, 1.807) is 8.61 Å². The lowest BCUT2D eigenvalue weighted by molar-refractivity contribution is 0.174. The standard InChI is InChI=1S/C15H22N2O2S/c1-13-7-10-16(11-8-13)20(18,19)17-12-9-15(17)14-5-3-2-4-6-14/h2-6,13,15H,7-12H2,1H3. The molecule has 0 aromatic heterocycles. The zero-order valence-electron chi connectivity index (χ0n) is 11.9. The van der Waals surface area contributed by atoms with Crippen LogP contribution in [0.5, 0.6) is 0 Å². The van der Waals surface area contributed by atoms with E-state index in [0.717, 1.165) is 24.8 Å². The zero-order valence-corrected chi connectivity index (χ0v) is 12.7. The van der Waals surface area contributed by atoms with E-state index in [1.807, 2.05) is 30.3 Å². The van der Waals surface area contributed by atoms with Gasteiger partial charge in [0.2, 0.25) is 0 Å². The second-order valence-corrected chi connectivity index (χ2v) is 7.80. The summed E-state index contributed by atoms with van der Waals surface area (Å²) >= 11 is 0. The van der Waals surface area contributed by atoms with Crippen LogP contribution in [0.2, 0.25) is 0 Å². The zero-order chi connectivity index (χ0) is 14.2. The van der Waals surface area contributed by atoms with Gasteiger partial charge in [0.05, 0.1) is 6.04 Å². The molecule has 4 nitrogen and oxygen atoms in total. The summed E-state index contributed by atoms with van der Waals surface area (Å²) in [6.07, 6.45) is 2.87. The Morgan fingerprint density at radius 1 is 1.00 bits per heavy atom. The van der Waals surface area contributed by atoms with Crippen molar-refractivity contribution in [3.05, 3.63) is 35.9 Å². The van der Waals surface area contributed by atoms with Gasteiger partial charge in [0.25, 0.3) is 10.2 Å². The first kappa shape index (κ1) is 14.0. The summed E-state index contributed by atoms with van der Waals surface area (Å²) in [4.78, 5) is 0. The van der Waals surface area contributed by atoms with Gasteiger partial charge in [-0.05, 0) is 30.7 Å². The molecular weight excluding hydrogens is 272 g/mol. The Kier molecular flexibility index (Phi) is 3.84. The van der Waals surface area contributed by atoms with Gasteiger partial charge in [0.15, 0.2) is 0 Å². The third kappa shape index (κ3) is 2.50. The molecule has 20 heavy (non-hydrogen) atoms. The molecule has 2 heterocycles. The van der Waals surface area contributed by atoms with Gasteiger partial charge in [-0.15, -0.1) is 0 Å². The summed E-state index contributed by atoms with van der Waals surface area (Å²) in [5.74, 6) is 0.641. The van der Waals surface area contributed by atoms with E-state index in [0.29, 0.717) is 25.6 Å². The first-order chi connectivity index (χ1) is 9.59. The fraction of sp³-hybridized carbons (Fsp3) is 0.600. The highest BCUT2D eigenvalue weighted by atomic mass is 32.2. The molecule has 1 unspecified atom stereocenters. The maximum absolute atomic E-state index is 12.7. The number of hydrogen-bond donors (Lipinski definition) is 0. The van der Waals surface area contributed by atoms with Gasteiger partial charge in [-0.25, -0.2) is 0 Å². The normalized spacial score (nSPS) is 26.4. The molecule has 2 aliphatic heterocycles. The molecule has 5 heteroatoms. The molecule has 0 bridgehead atoms. The molecule has 2 fully saturated rings. The number of piperidine rings is 1. The van der Waals surface area contributed by atoms with Crippen LogP contribution >= 0.6 is 0 Å². The summed E-state index contributed by atoms with van der Waals surface area (Å²) in [5.41, 5.74) is 1.10. The fourth-order valence-corrected chi connectivity index (χ4v) is 4.87. The molecule has 2 saturated heterocycles. The van der Waals surface area contributed by atoms with Crippen molar-refractivity contribution in [1.82, 2.24) is 8.61 Å². The highest BCUT2D eigenvalue weighted by molar-refractivity contribution is 7.86. The smallest absolute Gasteiger partial charge is 0.195 e. The Morgan fingerprint density at radius 3 is 2.20 bits per heavy atom. The maximum Gasteiger partial charge on any atom is 0.282 e. The van der Waals surface area contributed by atoms with E-state index in [2.05, 4.69) is 6.92 Å². The molecule has 3 rings (SSSR count). The van der Waals surface area contributed by atoms with Gasteiger partial charge in [0, 0.05) is 19.6 Å². The van der Waals surface area contributed by atoms with Crippen LogP contribution in [-0.2, 0) is 10.2 Å². The van der Waals surface area contributed by atoms with Crippen molar-refractivity contribution in [3.8, 4) is 0 Å². The van der Waals surface area contributed by atoms with E-state index >= 15 is 0 Å². The number of nitrogens with zero attached hydrogens (tertiary/aromatic N) is 2. The summed E-state index contributed by atoms with van der Waals surface area (Å²) in [6.45, 7) is 4.18. The van der Waals surface area contributed by atoms with Crippen molar-refractivity contribution < 1.29 is 8.42 Å². The predicted molar refractivity (Wildman–Crippen MR) is 79.4 cm³/mol. The van der Waals surface area contributed by atoms with Gasteiger partial charge < -0.3 is 0 Å². The summed E-state index contributed by atoms with van der Waals surface area (Å²) in [7, 11) is -3.28. The SMILES string of the molecule is CC1CCN(S(=O)(=O)N2CCC2c2ccccc2)CC1. The third-order valence-corrected chi connectivity index (χ3v) is 6.57. The van der Waals surface area contributed by atoms with Crippen molar-refractivity contribution in [2.75, 3.05) is 19.6 Å². The van der Waals surface area contributed by atoms with Crippen molar-refractivity contribution in [3.63, 3.8) is 0 Å². The van der Waals surface area contributed by atoms with Crippen LogP contribution in [-0.4, -0.2) is 36.7 Å². The van der Waals surface area contributed by atoms with E-state index < -0.39 is 10.2 Å². The highest BCUT2D eigenvalue weighted by Crippen LogP contribution is 2.37. The molecule has 1 atom stereocenters. The van der Waals surface area contributed by atoms with Crippen LogP contribution in [0.1, 0.15) is 37.8 Å². The molecular formula is C15H22N2O2S. The minimum absolute atomic E-state index is 0.0283. The van der Waals surface area contributed by atoms with E-state index in [9.17, 15) is 8.42 Å². The van der Waals surface area contributed by atoms with E-state index in [-0.39, 0.29) is 6.04 Å². The van der Waals surface area contributed by atoms with Crippen LogP contribution in [0.25, 0.3) is 0 Å². The summed E-state index contributed by atoms with van der Waals surface area (Å²) in [6, 6.07) is 9.98. The lowest BCUT2D eigenvalue weighted by atomic mass is 9.98. The molecule has 1 aromatic rings. The molecule has 1 aromatic carbocycles. The Hall–Kier alpha value is -0.910. The molecule has 0 aliphatic carbocycles. The molecule has 0 spiro atoms. The monoisotopic (exact) mass is 294 g/mol. The van der Waals surface area contributed by atoms with E-state index in [1.165, 1.54) is 0 Å². The number of hydrogen-bond acceptors (Lipinski definition) is 2. The van der Waals surface area contributed by atoms with Gasteiger partial charge in [-0.2, -0.15) is 17.0 Å². The average molecular weight is 294 g/mol. The van der Waals surface area contributed by atoms with E-state index in [4.69, 9.17) is 0 Å². The first-order valence-corrected chi connectivity index (χ1v) is 8.80. The first-order valence-electron chi connectivity index (χ1n) is 7.41. The fourth-order valence-electron chi connectivity index (χ4n) is 3.01. The largest absolute Gasteiger partial charge is 0.282 e. The van der Waals surface area contributed by atoms with Gasteiger partial charge in [-0.3, -0.25) is 0 Å². The van der Waals surface area contributed by atoms with Crippen molar-refractivity contribution >= 4 is 10.2 Å². The highest BCUT2D eigenvalue weighted by Gasteiger charge is 2.42. The van der Waals surface area contributed by atoms with Crippen LogP contribution in [0, 0.1) is 5.92 Å². The molecule has 110 valence electrons. The maximum atomic E-state index is 12.7. The second-order valence-electron chi connectivity index (χ2n) is 5.92. The van der Waals surface area contributed by atoms with Crippen LogP contribution in [0.4, 0.5) is 0 Å². The van der Waals surface area contributed by atoms with Gasteiger partial charge in [0.1, 0.15) is 0 Å². The number of benzene rings is 1. The lowest BCUT2D eigenvalue weighted by Gasteiger charge is -2.43. The van der Waals surface area contributed by atoms with Crippen molar-refractivity contribution in [2.45, 2.75) is 32.2 Å². The molecule has 0 saturated carbocycles. The Bertz CT molecular complexity index is 550. The van der Waals surface area contributed by atoms with Crippen molar-refractivity contribution in [1.29, 1.82) is 0 Å². The van der Waals surface area contributed by atoms with Gasteiger partial charge >= 0.3 is 0 Å². The topological polar surface area (TPSA) is 40.6 Å². The second kappa shape index (κ2) is 5.47. The Morgan fingerprint density at radius 2 is 1.65 bits per heavy atom. The third-order valence-electron chi connectivity index (χ3n) is 4.52. The molecule has 0 N–H and O–H groups in total. The van der Waals surface area contributed by atoms with Gasteiger partial charge in [-0.1, -0.05) is 37.3 Å². The molecule has 2 aliphatic rings. The van der Waals surface area contributed by atoms with Crippen LogP contribution in [0.3, 0.4) is 0 Å². The summed E-state index contributed by atoms with van der Waals surface area (Å²) in [5, 5.41) is 0. The predicted octanol–water partition coefficient (Wildman–Crippen LogP) is 2.41. The number of rotatable bonds is 3. The minimum atomic E-state index is -3.28. The van der Waals surface area contributed by atoms with Crippen molar-refractivity contribution in [2.24, 2.45) is 5.92 Å². The lowest BCUT2D eigenvalue weighted by Crippen LogP contribution is -2.53. The van der Waals surface area contributed by atoms with Crippen LogP contribution in [0.15, 0.2) is 30.3 Å². The Balaban J connectivity index is 1.75. The quantitative estimate of drug-likeness (QED) is 0.859. The summed E-state index contributed by atoms with van der Waals surface area (Å²) < 4.78 is 28.8. The molecule has 0 radical (unpaired) electrons. The minimum Gasteiger partial charge on any atom is -0.195 e. The molecule has 0 amide bonds. The Labute approximate surface area is 121 Å².